The zero-order valence-electron chi connectivity index (χ0n) is 14.9. The molecule has 7 nitrogen and oxygen atoms in total. The first-order chi connectivity index (χ1) is 12.4. The van der Waals surface area contributed by atoms with E-state index in [4.69, 9.17) is 14.7 Å². The molecule has 138 valence electrons. The van der Waals surface area contributed by atoms with Crippen LogP contribution in [-0.2, 0) is 4.74 Å². The highest BCUT2D eigenvalue weighted by Crippen LogP contribution is 2.45. The van der Waals surface area contributed by atoms with Gasteiger partial charge in [-0.1, -0.05) is 11.8 Å². The lowest BCUT2D eigenvalue weighted by atomic mass is 9.85. The summed E-state index contributed by atoms with van der Waals surface area (Å²) in [6.07, 6.45) is 0.957. The van der Waals surface area contributed by atoms with Crippen molar-refractivity contribution in [2.75, 3.05) is 18.9 Å². The zero-order valence-corrected chi connectivity index (χ0v) is 15.7. The Bertz CT molecular complexity index is 787. The van der Waals surface area contributed by atoms with E-state index >= 15 is 0 Å². The van der Waals surface area contributed by atoms with Crippen molar-refractivity contribution >= 4 is 22.9 Å². The van der Waals surface area contributed by atoms with Crippen molar-refractivity contribution < 1.29 is 19.4 Å². The first-order valence-electron chi connectivity index (χ1n) is 8.43. The van der Waals surface area contributed by atoms with Gasteiger partial charge in [0, 0.05) is 17.9 Å². The predicted molar refractivity (Wildman–Crippen MR) is 98.1 cm³/mol. The molecule has 3 rings (SSSR count). The Morgan fingerprint density at radius 2 is 2.35 bits per heavy atom. The van der Waals surface area contributed by atoms with Gasteiger partial charge in [-0.05, 0) is 39.0 Å². The van der Waals surface area contributed by atoms with Crippen LogP contribution >= 0.6 is 11.8 Å². The fourth-order valence-electron chi connectivity index (χ4n) is 3.26. The molecular formula is C18H21N3O4S. The third-order valence-electron chi connectivity index (χ3n) is 4.51. The summed E-state index contributed by atoms with van der Waals surface area (Å²) in [5.74, 6) is 0.958. The van der Waals surface area contributed by atoms with Gasteiger partial charge in [-0.15, -0.1) is 4.99 Å². The summed E-state index contributed by atoms with van der Waals surface area (Å²) in [4.78, 5) is 17.9. The van der Waals surface area contributed by atoms with E-state index in [-0.39, 0.29) is 6.61 Å². The van der Waals surface area contributed by atoms with Crippen molar-refractivity contribution in [2.24, 2.45) is 4.99 Å². The largest absolute Gasteiger partial charge is 0.485 e. The standard InChI is InChI=1S/C18H21N3O4S/c1-4-24-16(23)11-5-6-13-12(9-11)14(15(22)18(2,3)25-13)21-7-8-26-17(21)20-10-19/h5-6,9,14-15,22H,4,7-8H2,1-3H3/t14-,15+/m0/s1. The van der Waals surface area contributed by atoms with Crippen molar-refractivity contribution in [3.05, 3.63) is 29.3 Å². The molecule has 0 radical (unpaired) electrons. The number of carbonyl (C=O) groups excluding carboxylic acids is 1. The summed E-state index contributed by atoms with van der Waals surface area (Å²) in [5, 5.41) is 20.5. The van der Waals surface area contributed by atoms with Crippen LogP contribution in [0.4, 0.5) is 0 Å². The number of amidine groups is 1. The van der Waals surface area contributed by atoms with E-state index in [1.165, 1.54) is 11.8 Å². The number of hydrogen-bond acceptors (Lipinski definition) is 7. The van der Waals surface area contributed by atoms with Crippen LogP contribution in [0.2, 0.25) is 0 Å². The van der Waals surface area contributed by atoms with Gasteiger partial charge in [0.25, 0.3) is 0 Å². The molecule has 1 aromatic carbocycles. The Kier molecular flexibility index (Phi) is 5.12. The summed E-state index contributed by atoms with van der Waals surface area (Å²) in [6, 6.07) is 4.62. The number of aliphatic hydroxyl groups is 1. The number of benzene rings is 1. The summed E-state index contributed by atoms with van der Waals surface area (Å²) in [7, 11) is 0. The topological polar surface area (TPSA) is 95.2 Å². The Labute approximate surface area is 156 Å². The van der Waals surface area contributed by atoms with Gasteiger partial charge in [0.05, 0.1) is 18.2 Å². The van der Waals surface area contributed by atoms with Crippen molar-refractivity contribution in [1.82, 2.24) is 4.90 Å². The van der Waals surface area contributed by atoms with E-state index in [2.05, 4.69) is 4.99 Å². The molecular weight excluding hydrogens is 354 g/mol. The van der Waals surface area contributed by atoms with Gasteiger partial charge in [0.2, 0.25) is 6.19 Å². The lowest BCUT2D eigenvalue weighted by molar-refractivity contribution is -0.0800. The van der Waals surface area contributed by atoms with Crippen LogP contribution in [-0.4, -0.2) is 51.8 Å². The minimum Gasteiger partial charge on any atom is -0.485 e. The maximum atomic E-state index is 12.1. The number of aliphatic imine (C=N–C) groups is 1. The Hall–Kier alpha value is -2.24. The van der Waals surface area contributed by atoms with Crippen molar-refractivity contribution in [1.29, 1.82) is 5.26 Å². The highest BCUT2D eigenvalue weighted by molar-refractivity contribution is 8.14. The third-order valence-corrected chi connectivity index (χ3v) is 5.49. The SMILES string of the molecule is CCOC(=O)c1ccc2c(c1)[C@H](N1CCSC1=NC#N)[C@@H](O)C(C)(C)O2. The van der Waals surface area contributed by atoms with E-state index < -0.39 is 23.7 Å². The van der Waals surface area contributed by atoms with Crippen LogP contribution in [0.5, 0.6) is 5.75 Å². The maximum absolute atomic E-state index is 12.1. The number of thioether (sulfide) groups is 1. The van der Waals surface area contributed by atoms with Crippen LogP contribution in [0.1, 0.15) is 42.7 Å². The molecule has 1 aromatic rings. The lowest BCUT2D eigenvalue weighted by Gasteiger charge is -2.45. The quantitative estimate of drug-likeness (QED) is 0.640. The van der Waals surface area contributed by atoms with Crippen molar-refractivity contribution in [3.63, 3.8) is 0 Å². The average molecular weight is 375 g/mol. The smallest absolute Gasteiger partial charge is 0.338 e. The fraction of sp³-hybridized carbons (Fsp3) is 0.500. The number of hydrogen-bond donors (Lipinski definition) is 1. The molecule has 0 spiro atoms. The second-order valence-electron chi connectivity index (χ2n) is 6.60. The van der Waals surface area contributed by atoms with E-state index in [9.17, 15) is 9.90 Å². The molecule has 1 N–H and O–H groups in total. The fourth-order valence-corrected chi connectivity index (χ4v) is 4.20. The number of nitriles is 1. The maximum Gasteiger partial charge on any atom is 0.338 e. The van der Waals surface area contributed by atoms with Gasteiger partial charge in [-0.25, -0.2) is 4.79 Å². The molecule has 2 aliphatic rings. The number of fused-ring (bicyclic) bond motifs is 1. The lowest BCUT2D eigenvalue weighted by Crippen LogP contribution is -2.53. The van der Waals surface area contributed by atoms with Crippen LogP contribution in [0.25, 0.3) is 0 Å². The molecule has 2 atom stereocenters. The summed E-state index contributed by atoms with van der Waals surface area (Å²) in [5.41, 5.74) is 0.265. The van der Waals surface area contributed by atoms with Crippen LogP contribution in [0.3, 0.4) is 0 Å². The van der Waals surface area contributed by atoms with E-state index in [0.717, 1.165) is 5.75 Å². The highest BCUT2D eigenvalue weighted by atomic mass is 32.2. The highest BCUT2D eigenvalue weighted by Gasteiger charge is 2.47. The summed E-state index contributed by atoms with van der Waals surface area (Å²) in [6.45, 7) is 6.31. The molecule has 0 bridgehead atoms. The molecule has 8 heteroatoms. The average Bonchev–Trinajstić information content (AvgIpc) is 3.04. The molecule has 2 aliphatic heterocycles. The van der Waals surface area contributed by atoms with Gasteiger partial charge in [0.15, 0.2) is 5.17 Å². The normalized spacial score (nSPS) is 25.3. The number of ether oxygens (including phenoxy) is 2. The second-order valence-corrected chi connectivity index (χ2v) is 7.67. The minimum absolute atomic E-state index is 0.285. The predicted octanol–water partition coefficient (Wildman–Crippen LogP) is 2.32. The number of esters is 1. The van der Waals surface area contributed by atoms with E-state index in [1.54, 1.807) is 25.1 Å². The molecule has 2 heterocycles. The molecule has 0 saturated carbocycles. The minimum atomic E-state index is -0.866. The van der Waals surface area contributed by atoms with Gasteiger partial charge >= 0.3 is 5.97 Å². The van der Waals surface area contributed by atoms with E-state index in [0.29, 0.717) is 28.6 Å². The molecule has 0 amide bonds. The molecule has 1 fully saturated rings. The zero-order chi connectivity index (χ0) is 18.9. The first-order valence-corrected chi connectivity index (χ1v) is 9.42. The Morgan fingerprint density at radius 1 is 1.58 bits per heavy atom. The van der Waals surface area contributed by atoms with Gasteiger partial charge in [0.1, 0.15) is 17.5 Å². The van der Waals surface area contributed by atoms with Gasteiger partial charge < -0.3 is 19.5 Å². The second kappa shape index (κ2) is 7.17. The monoisotopic (exact) mass is 375 g/mol. The summed E-state index contributed by atoms with van der Waals surface area (Å²) < 4.78 is 11.1. The van der Waals surface area contributed by atoms with Crippen LogP contribution in [0.15, 0.2) is 23.2 Å². The Morgan fingerprint density at radius 3 is 3.04 bits per heavy atom. The van der Waals surface area contributed by atoms with Gasteiger partial charge in [-0.3, -0.25) is 0 Å². The van der Waals surface area contributed by atoms with Gasteiger partial charge in [-0.2, -0.15) is 5.26 Å². The molecule has 0 unspecified atom stereocenters. The van der Waals surface area contributed by atoms with Crippen LogP contribution in [0, 0.1) is 11.5 Å². The first kappa shape index (κ1) is 18.5. The Balaban J connectivity index is 2.09. The molecule has 1 saturated heterocycles. The third kappa shape index (κ3) is 3.24. The van der Waals surface area contributed by atoms with E-state index in [1.807, 2.05) is 24.9 Å². The van der Waals surface area contributed by atoms with Crippen molar-refractivity contribution in [2.45, 2.75) is 38.5 Å². The number of rotatable bonds is 3. The summed E-state index contributed by atoms with van der Waals surface area (Å²) >= 11 is 1.47. The molecule has 0 aliphatic carbocycles. The molecule has 0 aromatic heterocycles. The number of carbonyl (C=O) groups is 1. The molecule has 26 heavy (non-hydrogen) atoms. The van der Waals surface area contributed by atoms with Crippen LogP contribution < -0.4 is 4.74 Å². The van der Waals surface area contributed by atoms with Crippen molar-refractivity contribution in [3.8, 4) is 11.9 Å². The number of aliphatic hydroxyl groups excluding tert-OH is 1. The number of nitrogens with zero attached hydrogens (tertiary/aromatic N) is 3.